The largest absolute Gasteiger partial charge is 0.478 e. The number of hydrogen-bond acceptors (Lipinski definition) is 4. The molecule has 0 radical (unpaired) electrons. The van der Waals surface area contributed by atoms with E-state index < -0.39 is 5.97 Å². The van der Waals surface area contributed by atoms with Crippen LogP contribution in [0.1, 0.15) is 58.3 Å². The first-order valence-corrected chi connectivity index (χ1v) is 11.1. The zero-order chi connectivity index (χ0) is 17.9. The van der Waals surface area contributed by atoms with Crippen LogP contribution in [-0.4, -0.2) is 48.0 Å². The van der Waals surface area contributed by atoms with Crippen LogP contribution in [0.15, 0.2) is 12.2 Å². The topological polar surface area (TPSA) is 55.8 Å². The van der Waals surface area contributed by atoms with Gasteiger partial charge in [-0.1, -0.05) is 32.3 Å². The number of carboxylic acids is 1. The molecule has 0 aromatic heterocycles. The van der Waals surface area contributed by atoms with E-state index in [2.05, 4.69) is 18.7 Å². The summed E-state index contributed by atoms with van der Waals surface area (Å²) in [5, 5.41) is 8.57. The van der Waals surface area contributed by atoms with Gasteiger partial charge >= 0.3 is 5.97 Å². The second-order valence-corrected chi connectivity index (χ2v) is 8.41. The van der Waals surface area contributed by atoms with Crippen LogP contribution in [0.4, 0.5) is 0 Å². The van der Waals surface area contributed by atoms with Gasteiger partial charge in [-0.2, -0.15) is 11.8 Å². The molecule has 4 nitrogen and oxygen atoms in total. The number of unbranched alkanes of at least 4 members (excludes halogenated alkanes) is 3. The van der Waals surface area contributed by atoms with Gasteiger partial charge in [0, 0.05) is 12.0 Å². The molecular weight excluding hydrogens is 336 g/mol. The van der Waals surface area contributed by atoms with Crippen LogP contribution >= 0.6 is 11.8 Å². The number of hydrogen-bond donors (Lipinski definition) is 1. The molecule has 0 amide bonds. The molecule has 0 aromatic carbocycles. The molecule has 5 heteroatoms. The zero-order valence-electron chi connectivity index (χ0n) is 15.5. The first-order chi connectivity index (χ1) is 12.2. The molecule has 2 fully saturated rings. The molecule has 2 rings (SSSR count). The third-order valence-corrected chi connectivity index (χ3v) is 6.43. The lowest BCUT2D eigenvalue weighted by Crippen LogP contribution is -2.31. The van der Waals surface area contributed by atoms with Gasteiger partial charge in [0.25, 0.3) is 0 Å². The van der Waals surface area contributed by atoms with Gasteiger partial charge in [0.1, 0.15) is 0 Å². The van der Waals surface area contributed by atoms with Gasteiger partial charge in [-0.3, -0.25) is 0 Å². The van der Waals surface area contributed by atoms with E-state index in [1.54, 1.807) is 6.08 Å². The molecule has 2 bridgehead atoms. The first kappa shape index (κ1) is 20.8. The Morgan fingerprint density at radius 1 is 1.20 bits per heavy atom. The van der Waals surface area contributed by atoms with E-state index in [4.69, 9.17) is 14.6 Å². The highest BCUT2D eigenvalue weighted by molar-refractivity contribution is 7.99. The van der Waals surface area contributed by atoms with E-state index in [1.807, 2.05) is 0 Å². The predicted octanol–water partition coefficient (Wildman–Crippen LogP) is 4.53. The summed E-state index contributed by atoms with van der Waals surface area (Å²) in [5.41, 5.74) is 0. The van der Waals surface area contributed by atoms with Crippen molar-refractivity contribution in [3.63, 3.8) is 0 Å². The van der Waals surface area contributed by atoms with E-state index in [0.717, 1.165) is 6.61 Å². The lowest BCUT2D eigenvalue weighted by atomic mass is 9.78. The molecular formula is C20H34O4S. The van der Waals surface area contributed by atoms with Crippen LogP contribution in [0.2, 0.25) is 0 Å². The zero-order valence-corrected chi connectivity index (χ0v) is 16.3. The summed E-state index contributed by atoms with van der Waals surface area (Å²) in [6, 6.07) is 0. The maximum atomic E-state index is 10.4. The first-order valence-electron chi connectivity index (χ1n) is 9.92. The Balaban J connectivity index is 1.60. The smallest absolute Gasteiger partial charge is 0.327 e. The van der Waals surface area contributed by atoms with Crippen LogP contribution in [0.5, 0.6) is 0 Å². The van der Waals surface area contributed by atoms with E-state index >= 15 is 0 Å². The van der Waals surface area contributed by atoms with Crippen molar-refractivity contribution in [2.24, 2.45) is 11.8 Å². The van der Waals surface area contributed by atoms with Crippen LogP contribution < -0.4 is 0 Å². The maximum absolute atomic E-state index is 10.4. The molecule has 0 unspecified atom stereocenters. The molecule has 0 saturated carbocycles. The van der Waals surface area contributed by atoms with Gasteiger partial charge in [-0.05, 0) is 49.5 Å². The normalized spacial score (nSPS) is 28.2. The molecule has 0 aliphatic carbocycles. The Kier molecular flexibility index (Phi) is 9.96. The van der Waals surface area contributed by atoms with E-state index in [-0.39, 0.29) is 0 Å². The van der Waals surface area contributed by atoms with Gasteiger partial charge in [-0.25, -0.2) is 4.79 Å². The van der Waals surface area contributed by atoms with E-state index in [0.29, 0.717) is 37.1 Å². The molecule has 2 aliphatic rings. The third kappa shape index (κ3) is 7.32. The van der Waals surface area contributed by atoms with Gasteiger partial charge in [0.05, 0.1) is 25.4 Å². The van der Waals surface area contributed by atoms with Gasteiger partial charge < -0.3 is 14.6 Å². The highest BCUT2D eigenvalue weighted by Crippen LogP contribution is 2.45. The third-order valence-electron chi connectivity index (χ3n) is 5.33. The lowest BCUT2D eigenvalue weighted by molar-refractivity contribution is -0.131. The van der Waals surface area contributed by atoms with E-state index in [1.165, 1.54) is 62.5 Å². The van der Waals surface area contributed by atoms with Crippen molar-refractivity contribution in [3.8, 4) is 0 Å². The summed E-state index contributed by atoms with van der Waals surface area (Å²) in [6.45, 7) is 3.61. The monoisotopic (exact) mass is 370 g/mol. The molecule has 0 aromatic rings. The molecule has 144 valence electrons. The van der Waals surface area contributed by atoms with Crippen molar-refractivity contribution < 1.29 is 19.4 Å². The fourth-order valence-corrected chi connectivity index (χ4v) is 5.06. The van der Waals surface area contributed by atoms with Crippen molar-refractivity contribution in [3.05, 3.63) is 12.2 Å². The van der Waals surface area contributed by atoms with Crippen molar-refractivity contribution in [1.82, 2.24) is 0 Å². The average Bonchev–Trinajstić information content (AvgIpc) is 3.19. The summed E-state index contributed by atoms with van der Waals surface area (Å²) in [6.07, 6.45) is 13.4. The van der Waals surface area contributed by atoms with Crippen molar-refractivity contribution in [1.29, 1.82) is 0 Å². The molecule has 1 N–H and O–H groups in total. The van der Waals surface area contributed by atoms with Gasteiger partial charge in [-0.15, -0.1) is 0 Å². The quantitative estimate of drug-likeness (QED) is 0.360. The van der Waals surface area contributed by atoms with E-state index in [9.17, 15) is 4.79 Å². The highest BCUT2D eigenvalue weighted by Gasteiger charge is 2.48. The minimum absolute atomic E-state index is 0.388. The van der Waals surface area contributed by atoms with Crippen molar-refractivity contribution in [2.75, 3.05) is 24.7 Å². The second kappa shape index (κ2) is 12.0. The highest BCUT2D eigenvalue weighted by atomic mass is 32.2. The molecule has 2 heterocycles. The second-order valence-electron chi connectivity index (χ2n) is 7.18. The summed E-state index contributed by atoms with van der Waals surface area (Å²) in [7, 11) is 0. The predicted molar refractivity (Wildman–Crippen MR) is 103 cm³/mol. The number of carboxylic acid groups (broad SMARTS) is 1. The SMILES string of the molecule is CCCCCCSCC[C@@H]1[C@H](COCCC=CC(=O)O)[C@@H]2CC[C@H]1O2. The Hall–Kier alpha value is -0.520. The maximum Gasteiger partial charge on any atom is 0.327 e. The number of thioether (sulfide) groups is 1. The Morgan fingerprint density at radius 2 is 2.00 bits per heavy atom. The standard InChI is InChI=1S/C20H34O4S/c1-2-3-4-7-13-25-14-11-16-17(19-10-9-18(16)24-19)15-23-12-6-5-8-20(21)22/h5,8,16-19H,2-4,6-7,9-15H2,1H3,(H,21,22)/t16-,17+,18-,19+/m1/s1. The summed E-state index contributed by atoms with van der Waals surface area (Å²) >= 11 is 2.10. The number of aliphatic carboxylic acids is 1. The minimum Gasteiger partial charge on any atom is -0.478 e. The molecule has 0 spiro atoms. The number of carbonyl (C=O) groups is 1. The Bertz CT molecular complexity index is 413. The summed E-state index contributed by atoms with van der Waals surface area (Å²) < 4.78 is 12.0. The van der Waals surface area contributed by atoms with Crippen LogP contribution in [0.25, 0.3) is 0 Å². The Morgan fingerprint density at radius 3 is 2.76 bits per heavy atom. The van der Waals surface area contributed by atoms with Crippen molar-refractivity contribution >= 4 is 17.7 Å². The summed E-state index contributed by atoms with van der Waals surface area (Å²) in [4.78, 5) is 10.4. The van der Waals surface area contributed by atoms with Crippen LogP contribution in [-0.2, 0) is 14.3 Å². The summed E-state index contributed by atoms with van der Waals surface area (Å²) in [5.74, 6) is 2.81. The fourth-order valence-electron chi connectivity index (χ4n) is 4.01. The molecule has 2 aliphatic heterocycles. The number of fused-ring (bicyclic) bond motifs is 2. The number of rotatable bonds is 14. The van der Waals surface area contributed by atoms with Gasteiger partial charge in [0.15, 0.2) is 0 Å². The average molecular weight is 371 g/mol. The van der Waals surface area contributed by atoms with Crippen LogP contribution in [0, 0.1) is 11.8 Å². The molecule has 25 heavy (non-hydrogen) atoms. The minimum atomic E-state index is -0.895. The molecule has 2 saturated heterocycles. The molecule has 4 atom stereocenters. The lowest BCUT2D eigenvalue weighted by Gasteiger charge is -2.27. The van der Waals surface area contributed by atoms with Crippen LogP contribution in [0.3, 0.4) is 0 Å². The van der Waals surface area contributed by atoms with Crippen molar-refractivity contribution in [2.45, 2.75) is 70.5 Å². The fraction of sp³-hybridized carbons (Fsp3) is 0.850. The number of ether oxygens (including phenoxy) is 2. The Labute approximate surface area is 156 Å². The van der Waals surface area contributed by atoms with Gasteiger partial charge in [0.2, 0.25) is 0 Å².